The van der Waals surface area contributed by atoms with Crippen molar-refractivity contribution in [2.45, 2.75) is 75.9 Å². The third kappa shape index (κ3) is 2.85. The second kappa shape index (κ2) is 5.27. The summed E-state index contributed by atoms with van der Waals surface area (Å²) in [6, 6.07) is 0. The zero-order valence-electron chi connectivity index (χ0n) is 11.0. The van der Waals surface area contributed by atoms with Crippen LogP contribution in [0.5, 0.6) is 0 Å². The quantitative estimate of drug-likeness (QED) is 0.796. The van der Waals surface area contributed by atoms with E-state index in [2.05, 4.69) is 5.32 Å². The van der Waals surface area contributed by atoms with E-state index in [9.17, 15) is 0 Å². The van der Waals surface area contributed by atoms with E-state index in [0.717, 1.165) is 19.0 Å². The molecule has 0 aromatic rings. The molecule has 1 N–H and O–H groups in total. The van der Waals surface area contributed by atoms with Gasteiger partial charge in [-0.05, 0) is 25.2 Å². The number of hydrogen-bond donors (Lipinski definition) is 1. The molecule has 98 valence electrons. The molecule has 0 radical (unpaired) electrons. The molecule has 1 atom stereocenters. The second-order valence-electron chi connectivity index (χ2n) is 6.50. The van der Waals surface area contributed by atoms with Crippen LogP contribution in [0.3, 0.4) is 0 Å². The highest BCUT2D eigenvalue weighted by Gasteiger charge is 2.40. The molecule has 2 aliphatic carbocycles. The van der Waals surface area contributed by atoms with Gasteiger partial charge in [-0.3, -0.25) is 0 Å². The predicted octanol–water partition coefficient (Wildman–Crippen LogP) is 3.26. The van der Waals surface area contributed by atoms with Crippen LogP contribution in [0.1, 0.15) is 64.2 Å². The normalized spacial score (nSPS) is 34.2. The third-order valence-electron chi connectivity index (χ3n) is 5.07. The van der Waals surface area contributed by atoms with Crippen LogP contribution in [0.4, 0.5) is 0 Å². The first-order valence-corrected chi connectivity index (χ1v) is 7.75. The molecule has 2 heteroatoms. The van der Waals surface area contributed by atoms with Crippen molar-refractivity contribution in [3.63, 3.8) is 0 Å². The number of nitrogens with one attached hydrogen (secondary N) is 1. The molecule has 1 spiro atoms. The van der Waals surface area contributed by atoms with Gasteiger partial charge in [0.2, 0.25) is 0 Å². The van der Waals surface area contributed by atoms with Gasteiger partial charge in [-0.15, -0.1) is 0 Å². The van der Waals surface area contributed by atoms with E-state index in [1.165, 1.54) is 64.2 Å². The molecule has 1 aliphatic heterocycles. The zero-order chi connectivity index (χ0) is 11.6. The summed E-state index contributed by atoms with van der Waals surface area (Å²) >= 11 is 0. The van der Waals surface area contributed by atoms with E-state index >= 15 is 0 Å². The standard InChI is InChI=1S/C15H27NO/c1-2-6-13(7-3-1)10-14-11-16-12-15(17-14)8-4-5-9-15/h13-14,16H,1-12H2. The minimum atomic E-state index is 0.234. The summed E-state index contributed by atoms with van der Waals surface area (Å²) in [6.45, 7) is 2.20. The molecule has 3 rings (SSSR count). The van der Waals surface area contributed by atoms with Crippen molar-refractivity contribution in [1.29, 1.82) is 0 Å². The SMILES string of the molecule is C1CCC(CC2CNCC3(CCCC3)O2)CC1. The predicted molar refractivity (Wildman–Crippen MR) is 70.1 cm³/mol. The van der Waals surface area contributed by atoms with Crippen LogP contribution < -0.4 is 5.32 Å². The Bertz CT molecular complexity index is 241. The van der Waals surface area contributed by atoms with E-state index < -0.39 is 0 Å². The van der Waals surface area contributed by atoms with Gasteiger partial charge in [-0.1, -0.05) is 44.9 Å². The lowest BCUT2D eigenvalue weighted by atomic mass is 9.84. The van der Waals surface area contributed by atoms with Gasteiger partial charge in [-0.2, -0.15) is 0 Å². The van der Waals surface area contributed by atoms with Crippen molar-refractivity contribution in [1.82, 2.24) is 5.32 Å². The van der Waals surface area contributed by atoms with Gasteiger partial charge in [0.05, 0.1) is 11.7 Å². The summed E-state index contributed by atoms with van der Waals surface area (Å²) in [4.78, 5) is 0. The first-order chi connectivity index (χ1) is 8.36. The van der Waals surface area contributed by atoms with E-state index in [1.54, 1.807) is 0 Å². The molecule has 2 saturated carbocycles. The van der Waals surface area contributed by atoms with Gasteiger partial charge in [0.25, 0.3) is 0 Å². The van der Waals surface area contributed by atoms with Gasteiger partial charge >= 0.3 is 0 Å². The molecule has 3 fully saturated rings. The number of hydrogen-bond acceptors (Lipinski definition) is 2. The molecule has 2 nitrogen and oxygen atoms in total. The van der Waals surface area contributed by atoms with Crippen molar-refractivity contribution < 1.29 is 4.74 Å². The highest BCUT2D eigenvalue weighted by molar-refractivity contribution is 4.93. The zero-order valence-corrected chi connectivity index (χ0v) is 11.0. The first kappa shape index (κ1) is 12.0. The van der Waals surface area contributed by atoms with Crippen LogP contribution in [0.2, 0.25) is 0 Å². The van der Waals surface area contributed by atoms with Crippen LogP contribution in [0.15, 0.2) is 0 Å². The minimum absolute atomic E-state index is 0.234. The average Bonchev–Trinajstić information content (AvgIpc) is 2.79. The first-order valence-electron chi connectivity index (χ1n) is 7.75. The largest absolute Gasteiger partial charge is 0.369 e. The van der Waals surface area contributed by atoms with Crippen LogP contribution in [0, 0.1) is 5.92 Å². The molecule has 1 saturated heterocycles. The van der Waals surface area contributed by atoms with Gasteiger partial charge < -0.3 is 10.1 Å². The Labute approximate surface area is 105 Å². The molecule has 0 aromatic carbocycles. The molecule has 0 aromatic heterocycles. The summed E-state index contributed by atoms with van der Waals surface area (Å²) in [7, 11) is 0. The summed E-state index contributed by atoms with van der Waals surface area (Å²) in [5, 5.41) is 3.63. The molecule has 1 heterocycles. The number of rotatable bonds is 2. The van der Waals surface area contributed by atoms with E-state index in [1.807, 2.05) is 0 Å². The fourth-order valence-corrected chi connectivity index (χ4v) is 4.14. The Kier molecular flexibility index (Phi) is 3.72. The second-order valence-corrected chi connectivity index (χ2v) is 6.50. The lowest BCUT2D eigenvalue weighted by Crippen LogP contribution is -2.52. The van der Waals surface area contributed by atoms with Crippen molar-refractivity contribution in [2.24, 2.45) is 5.92 Å². The fourth-order valence-electron chi connectivity index (χ4n) is 4.14. The van der Waals surface area contributed by atoms with Crippen molar-refractivity contribution in [3.05, 3.63) is 0 Å². The maximum Gasteiger partial charge on any atom is 0.0810 e. The Balaban J connectivity index is 1.52. The van der Waals surface area contributed by atoms with Crippen LogP contribution >= 0.6 is 0 Å². The monoisotopic (exact) mass is 237 g/mol. The van der Waals surface area contributed by atoms with E-state index in [0.29, 0.717) is 6.10 Å². The van der Waals surface area contributed by atoms with E-state index in [4.69, 9.17) is 4.74 Å². The van der Waals surface area contributed by atoms with Crippen LogP contribution in [-0.4, -0.2) is 24.8 Å². The van der Waals surface area contributed by atoms with Crippen molar-refractivity contribution in [3.8, 4) is 0 Å². The molecule has 0 bridgehead atoms. The Morgan fingerprint density at radius 2 is 1.76 bits per heavy atom. The molecular formula is C15H27NO. The highest BCUT2D eigenvalue weighted by Crippen LogP contribution is 2.37. The topological polar surface area (TPSA) is 21.3 Å². The highest BCUT2D eigenvalue weighted by atomic mass is 16.5. The molecule has 1 unspecified atom stereocenters. The van der Waals surface area contributed by atoms with E-state index in [-0.39, 0.29) is 5.60 Å². The summed E-state index contributed by atoms with van der Waals surface area (Å²) in [5.41, 5.74) is 0.234. The van der Waals surface area contributed by atoms with Crippen molar-refractivity contribution >= 4 is 0 Å². The average molecular weight is 237 g/mol. The lowest BCUT2D eigenvalue weighted by Gasteiger charge is -2.40. The molecule has 0 amide bonds. The summed E-state index contributed by atoms with van der Waals surface area (Å²) in [6.07, 6.45) is 14.4. The lowest BCUT2D eigenvalue weighted by molar-refractivity contribution is -0.119. The van der Waals surface area contributed by atoms with Gasteiger partial charge in [0, 0.05) is 13.1 Å². The van der Waals surface area contributed by atoms with Crippen LogP contribution in [0.25, 0.3) is 0 Å². The van der Waals surface area contributed by atoms with Gasteiger partial charge in [0.1, 0.15) is 0 Å². The molecular weight excluding hydrogens is 210 g/mol. The Hall–Kier alpha value is -0.0800. The third-order valence-corrected chi connectivity index (χ3v) is 5.07. The minimum Gasteiger partial charge on any atom is -0.369 e. The summed E-state index contributed by atoms with van der Waals surface area (Å²) < 4.78 is 6.48. The Morgan fingerprint density at radius 3 is 2.53 bits per heavy atom. The maximum absolute atomic E-state index is 6.48. The maximum atomic E-state index is 6.48. The van der Waals surface area contributed by atoms with Gasteiger partial charge in [-0.25, -0.2) is 0 Å². The Morgan fingerprint density at radius 1 is 1.00 bits per heavy atom. The smallest absolute Gasteiger partial charge is 0.0810 e. The number of morpholine rings is 1. The van der Waals surface area contributed by atoms with Gasteiger partial charge in [0.15, 0.2) is 0 Å². The van der Waals surface area contributed by atoms with Crippen molar-refractivity contribution in [2.75, 3.05) is 13.1 Å². The molecule has 17 heavy (non-hydrogen) atoms. The number of ether oxygens (including phenoxy) is 1. The summed E-state index contributed by atoms with van der Waals surface area (Å²) in [5.74, 6) is 0.951. The fraction of sp³-hybridized carbons (Fsp3) is 1.00. The molecule has 3 aliphatic rings. The van der Waals surface area contributed by atoms with Crippen LogP contribution in [-0.2, 0) is 4.74 Å².